The van der Waals surface area contributed by atoms with Crippen LogP contribution < -0.4 is 0 Å². The molecule has 11 rings (SSSR count). The molecule has 2 nitrogen and oxygen atoms in total. The number of nitrogens with zero attached hydrogens (tertiary/aromatic N) is 2. The summed E-state index contributed by atoms with van der Waals surface area (Å²) >= 11 is 0. The van der Waals surface area contributed by atoms with E-state index < -0.39 is 0 Å². The molecular formula is C36H22N2+2. The van der Waals surface area contributed by atoms with E-state index in [0.717, 1.165) is 12.8 Å². The van der Waals surface area contributed by atoms with E-state index in [2.05, 4.69) is 112 Å². The average Bonchev–Trinajstić information content (AvgIpc) is 3.68. The molecule has 4 heterocycles. The number of fused-ring (bicyclic) bond motifs is 9. The SMILES string of the molecule is c1ccc2c(c1)CC1=[N+]2C23c4c(cccc41)Cc1ccc4c(c12)C1=[N+]3c2ccccc2C1c1ccccc1-4. The average molecular weight is 483 g/mol. The zero-order chi connectivity index (χ0) is 24.3. The molecule has 4 aliphatic heterocycles. The third-order valence-corrected chi connectivity index (χ3v) is 10.2. The lowest BCUT2D eigenvalue weighted by Gasteiger charge is -2.30. The monoisotopic (exact) mass is 482 g/mol. The molecule has 0 bridgehead atoms. The van der Waals surface area contributed by atoms with Crippen molar-refractivity contribution in [1.82, 2.24) is 0 Å². The van der Waals surface area contributed by atoms with Crippen molar-refractivity contribution in [3.63, 3.8) is 0 Å². The van der Waals surface area contributed by atoms with E-state index >= 15 is 0 Å². The molecule has 2 heteroatoms. The van der Waals surface area contributed by atoms with Gasteiger partial charge in [0.1, 0.15) is 17.0 Å². The van der Waals surface area contributed by atoms with Crippen LogP contribution in [0.5, 0.6) is 0 Å². The van der Waals surface area contributed by atoms with Gasteiger partial charge in [0.15, 0.2) is 0 Å². The largest absolute Gasteiger partial charge is 0.418 e. The quantitative estimate of drug-likeness (QED) is 0.215. The van der Waals surface area contributed by atoms with Crippen LogP contribution in [0.3, 0.4) is 0 Å². The zero-order valence-corrected chi connectivity index (χ0v) is 20.7. The van der Waals surface area contributed by atoms with Gasteiger partial charge < -0.3 is 0 Å². The Balaban J connectivity index is 1.42. The van der Waals surface area contributed by atoms with Crippen molar-refractivity contribution in [3.8, 4) is 11.1 Å². The summed E-state index contributed by atoms with van der Waals surface area (Å²) in [5, 5.41) is 0. The van der Waals surface area contributed by atoms with Gasteiger partial charge in [-0.25, -0.2) is 0 Å². The predicted octanol–water partition coefficient (Wildman–Crippen LogP) is 6.77. The highest BCUT2D eigenvalue weighted by molar-refractivity contribution is 6.18. The van der Waals surface area contributed by atoms with E-state index in [9.17, 15) is 0 Å². The van der Waals surface area contributed by atoms with Crippen LogP contribution in [0.2, 0.25) is 0 Å². The number of benzene rings is 5. The molecule has 0 radical (unpaired) electrons. The fraction of sp³-hybridized carbons (Fsp3) is 0.111. The summed E-state index contributed by atoms with van der Waals surface area (Å²) in [6.45, 7) is 0. The summed E-state index contributed by atoms with van der Waals surface area (Å²) in [7, 11) is 0. The first-order chi connectivity index (χ1) is 18.9. The Kier molecular flexibility index (Phi) is 2.84. The van der Waals surface area contributed by atoms with Gasteiger partial charge in [-0.05, 0) is 40.3 Å². The van der Waals surface area contributed by atoms with Crippen LogP contribution in [-0.4, -0.2) is 20.6 Å². The van der Waals surface area contributed by atoms with Gasteiger partial charge in [-0.15, -0.1) is 9.15 Å². The minimum Gasteiger partial charge on any atom is -0.122 e. The minimum absolute atomic E-state index is 0.263. The predicted molar refractivity (Wildman–Crippen MR) is 148 cm³/mol. The Morgan fingerprint density at radius 3 is 2.21 bits per heavy atom. The molecule has 2 atom stereocenters. The van der Waals surface area contributed by atoms with Gasteiger partial charge >= 0.3 is 5.66 Å². The van der Waals surface area contributed by atoms with Gasteiger partial charge in [-0.3, -0.25) is 0 Å². The zero-order valence-electron chi connectivity index (χ0n) is 20.7. The maximum Gasteiger partial charge on any atom is 0.418 e. The molecule has 0 amide bonds. The fourth-order valence-corrected chi connectivity index (χ4v) is 9.08. The molecule has 5 aromatic rings. The highest BCUT2D eigenvalue weighted by Gasteiger charge is 2.76. The summed E-state index contributed by atoms with van der Waals surface area (Å²) in [5.74, 6) is 0.263. The molecular weight excluding hydrogens is 460 g/mol. The highest BCUT2D eigenvalue weighted by Crippen LogP contribution is 2.65. The third kappa shape index (κ3) is 1.69. The Bertz CT molecular complexity index is 2090. The van der Waals surface area contributed by atoms with Crippen LogP contribution in [0.1, 0.15) is 56.0 Å². The number of hydrogen-bond donors (Lipinski definition) is 0. The van der Waals surface area contributed by atoms with Crippen molar-refractivity contribution in [2.45, 2.75) is 24.4 Å². The van der Waals surface area contributed by atoms with E-state index in [1.54, 1.807) is 0 Å². The Morgan fingerprint density at radius 2 is 1.26 bits per heavy atom. The maximum absolute atomic E-state index is 2.79. The second-order valence-corrected chi connectivity index (χ2v) is 11.6. The maximum atomic E-state index is 2.79. The van der Waals surface area contributed by atoms with E-state index in [4.69, 9.17) is 0 Å². The molecule has 0 fully saturated rings. The molecule has 174 valence electrons. The van der Waals surface area contributed by atoms with Crippen molar-refractivity contribution >= 4 is 22.8 Å². The molecule has 0 saturated heterocycles. The Hall–Kier alpha value is -4.56. The van der Waals surface area contributed by atoms with Crippen LogP contribution >= 0.6 is 0 Å². The van der Waals surface area contributed by atoms with Gasteiger partial charge in [-0.1, -0.05) is 84.9 Å². The second kappa shape index (κ2) is 5.79. The molecule has 38 heavy (non-hydrogen) atoms. The first kappa shape index (κ1) is 18.6. The van der Waals surface area contributed by atoms with Crippen LogP contribution in [0.15, 0.2) is 103 Å². The molecule has 0 N–H and O–H groups in total. The van der Waals surface area contributed by atoms with Crippen molar-refractivity contribution < 1.29 is 9.15 Å². The lowest BCUT2D eigenvalue weighted by molar-refractivity contribution is -0.754. The van der Waals surface area contributed by atoms with Gasteiger partial charge in [0.2, 0.25) is 22.8 Å². The van der Waals surface area contributed by atoms with Crippen LogP contribution in [0.25, 0.3) is 11.1 Å². The lowest BCUT2D eigenvalue weighted by Crippen LogP contribution is -2.45. The van der Waals surface area contributed by atoms with Gasteiger partial charge in [0.05, 0.1) is 17.5 Å². The Labute approximate surface area is 220 Å². The molecule has 2 unspecified atom stereocenters. The van der Waals surface area contributed by atoms with E-state index in [-0.39, 0.29) is 11.6 Å². The van der Waals surface area contributed by atoms with Gasteiger partial charge in [-0.2, -0.15) is 0 Å². The van der Waals surface area contributed by atoms with E-state index in [1.165, 1.54) is 84.0 Å². The van der Waals surface area contributed by atoms with Crippen LogP contribution in [-0.2, 0) is 18.5 Å². The minimum atomic E-state index is -0.380. The molecule has 6 aliphatic rings. The summed E-state index contributed by atoms with van der Waals surface area (Å²) < 4.78 is 5.54. The van der Waals surface area contributed by atoms with E-state index in [0.29, 0.717) is 0 Å². The normalized spacial score (nSPS) is 22.7. The second-order valence-electron chi connectivity index (χ2n) is 11.6. The molecule has 5 aromatic carbocycles. The van der Waals surface area contributed by atoms with Crippen LogP contribution in [0, 0.1) is 0 Å². The standard InChI is InChI=1S/C36H22N2/c1-5-14-28-20(8-1)19-30-27-13-7-9-21-18-22-16-17-25-23-10-2-3-11-24(23)31-26-12-4-6-15-29(26)38-35(31)32(25)34(22)36(38,33(21)27)37(28)30/h1-17,31H,18-19H2/q+2. The highest BCUT2D eigenvalue weighted by atomic mass is 15.4. The summed E-state index contributed by atoms with van der Waals surface area (Å²) in [6.07, 6.45) is 2.00. The van der Waals surface area contributed by atoms with Crippen molar-refractivity contribution in [3.05, 3.63) is 153 Å². The molecule has 0 aromatic heterocycles. The van der Waals surface area contributed by atoms with Gasteiger partial charge in [0, 0.05) is 23.3 Å². The summed E-state index contributed by atoms with van der Waals surface area (Å²) in [5.41, 5.74) is 21.4. The number of hydrogen-bond acceptors (Lipinski definition) is 0. The lowest BCUT2D eigenvalue weighted by atomic mass is 9.69. The first-order valence-corrected chi connectivity index (χ1v) is 13.8. The molecule has 0 saturated carbocycles. The number of para-hydroxylation sites is 2. The van der Waals surface area contributed by atoms with E-state index in [1.807, 2.05) is 0 Å². The number of rotatable bonds is 0. The van der Waals surface area contributed by atoms with Crippen molar-refractivity contribution in [2.24, 2.45) is 0 Å². The fourth-order valence-electron chi connectivity index (χ4n) is 9.08. The van der Waals surface area contributed by atoms with Crippen LogP contribution in [0.4, 0.5) is 11.4 Å². The topological polar surface area (TPSA) is 6.02 Å². The van der Waals surface area contributed by atoms with Crippen molar-refractivity contribution in [2.75, 3.05) is 0 Å². The smallest absolute Gasteiger partial charge is 0.122 e. The molecule has 2 aliphatic carbocycles. The third-order valence-electron chi connectivity index (χ3n) is 10.2. The van der Waals surface area contributed by atoms with Crippen molar-refractivity contribution in [1.29, 1.82) is 0 Å². The Morgan fingerprint density at radius 1 is 0.526 bits per heavy atom. The summed E-state index contributed by atoms with van der Waals surface area (Å²) in [4.78, 5) is 0. The first-order valence-electron chi connectivity index (χ1n) is 13.8. The summed E-state index contributed by atoms with van der Waals surface area (Å²) in [6, 6.07) is 39.4. The molecule has 1 spiro atoms. The van der Waals surface area contributed by atoms with Gasteiger partial charge in [0.25, 0.3) is 0 Å².